The van der Waals surface area contributed by atoms with Gasteiger partial charge >= 0.3 is 0 Å². The fraction of sp³-hybridized carbons (Fsp3) is 0.400. The molecule has 22 heavy (non-hydrogen) atoms. The maximum atomic E-state index is 11.7. The lowest BCUT2D eigenvalue weighted by molar-refractivity contribution is -0.132. The van der Waals surface area contributed by atoms with E-state index in [1.54, 1.807) is 18.4 Å². The predicted octanol–water partition coefficient (Wildman–Crippen LogP) is 1.08. The van der Waals surface area contributed by atoms with Gasteiger partial charge in [0.25, 0.3) is 5.91 Å². The summed E-state index contributed by atoms with van der Waals surface area (Å²) < 4.78 is 5.49. The third-order valence-electron chi connectivity index (χ3n) is 3.53. The van der Waals surface area contributed by atoms with E-state index in [0.717, 1.165) is 23.1 Å². The molecule has 1 atom stereocenters. The van der Waals surface area contributed by atoms with Gasteiger partial charge in [0.05, 0.1) is 13.2 Å². The van der Waals surface area contributed by atoms with Crippen molar-refractivity contribution in [3.63, 3.8) is 0 Å². The number of anilines is 1. The molecule has 1 N–H and O–H groups in total. The summed E-state index contributed by atoms with van der Waals surface area (Å²) in [6.07, 6.45) is 0.335. The minimum Gasteiger partial charge on any atom is -0.365 e. The number of aromatic nitrogens is 2. The number of ether oxygens (including phenoxy) is 1. The number of hydrogen-bond acceptors (Lipinski definition) is 6. The Balaban J connectivity index is 1.67. The zero-order chi connectivity index (χ0) is 15.4. The molecule has 3 rings (SSSR count). The number of rotatable bonds is 4. The fourth-order valence-corrected chi connectivity index (χ4v) is 3.26. The number of likely N-dealkylation sites (N-methyl/N-ethyl adjacent to an activating group) is 1. The van der Waals surface area contributed by atoms with Gasteiger partial charge in [-0.2, -0.15) is 0 Å². The third-order valence-corrected chi connectivity index (χ3v) is 4.51. The van der Waals surface area contributed by atoms with Gasteiger partial charge in [-0.15, -0.1) is 10.2 Å². The van der Waals surface area contributed by atoms with Gasteiger partial charge < -0.3 is 15.0 Å². The molecule has 0 spiro atoms. The molecular weight excluding hydrogens is 300 g/mol. The highest BCUT2D eigenvalue weighted by Crippen LogP contribution is 2.24. The lowest BCUT2D eigenvalue weighted by atomic mass is 10.2. The molecule has 7 heteroatoms. The van der Waals surface area contributed by atoms with Crippen LogP contribution in [0.2, 0.25) is 0 Å². The highest BCUT2D eigenvalue weighted by Gasteiger charge is 2.27. The van der Waals surface area contributed by atoms with Crippen LogP contribution in [0.25, 0.3) is 0 Å². The second-order valence-electron chi connectivity index (χ2n) is 5.06. The lowest BCUT2D eigenvalue weighted by Gasteiger charge is -2.31. The topological polar surface area (TPSA) is 67.4 Å². The Labute approximate surface area is 133 Å². The van der Waals surface area contributed by atoms with E-state index in [9.17, 15) is 4.79 Å². The van der Waals surface area contributed by atoms with Crippen LogP contribution in [0.15, 0.2) is 30.3 Å². The molecule has 6 nitrogen and oxygen atoms in total. The minimum atomic E-state index is -0.444. The Morgan fingerprint density at radius 2 is 2.23 bits per heavy atom. The van der Waals surface area contributed by atoms with E-state index in [2.05, 4.69) is 32.5 Å². The van der Waals surface area contributed by atoms with Crippen molar-refractivity contribution in [2.75, 3.05) is 31.6 Å². The van der Waals surface area contributed by atoms with Gasteiger partial charge in [0.1, 0.15) is 5.01 Å². The summed E-state index contributed by atoms with van der Waals surface area (Å²) in [5.74, 6) is -0.0984. The summed E-state index contributed by atoms with van der Waals surface area (Å²) in [7, 11) is 1.62. The van der Waals surface area contributed by atoms with Crippen molar-refractivity contribution < 1.29 is 9.53 Å². The molecule has 1 unspecified atom stereocenters. The molecule has 1 saturated heterocycles. The summed E-state index contributed by atoms with van der Waals surface area (Å²) >= 11 is 1.57. The van der Waals surface area contributed by atoms with Crippen molar-refractivity contribution in [1.82, 2.24) is 15.5 Å². The Morgan fingerprint density at radius 3 is 3.00 bits per heavy atom. The van der Waals surface area contributed by atoms with Gasteiger partial charge in [-0.3, -0.25) is 4.79 Å². The molecule has 1 aliphatic rings. The monoisotopic (exact) mass is 318 g/mol. The number of benzene rings is 1. The molecule has 0 radical (unpaired) electrons. The minimum absolute atomic E-state index is 0.0984. The average Bonchev–Trinajstić information content (AvgIpc) is 3.04. The van der Waals surface area contributed by atoms with Gasteiger partial charge in [0.2, 0.25) is 5.13 Å². The maximum Gasteiger partial charge on any atom is 0.250 e. The molecule has 1 aliphatic heterocycles. The van der Waals surface area contributed by atoms with E-state index in [0.29, 0.717) is 13.2 Å². The van der Waals surface area contributed by atoms with Crippen LogP contribution in [-0.2, 0) is 16.0 Å². The third kappa shape index (κ3) is 3.42. The normalized spacial score (nSPS) is 18.2. The molecule has 1 aromatic heterocycles. The molecule has 0 bridgehead atoms. The summed E-state index contributed by atoms with van der Waals surface area (Å²) in [6.45, 7) is 1.76. The van der Waals surface area contributed by atoms with Crippen molar-refractivity contribution in [3.05, 3.63) is 40.9 Å². The molecule has 1 fully saturated rings. The Bertz CT molecular complexity index is 631. The SMILES string of the molecule is CNC(=O)C1CN(c2nnc(Cc3ccccc3)s2)CCO1. The van der Waals surface area contributed by atoms with Crippen LogP contribution in [0.5, 0.6) is 0 Å². The molecular formula is C15H18N4O2S. The van der Waals surface area contributed by atoms with Crippen LogP contribution in [-0.4, -0.2) is 49.0 Å². The Kier molecular flexibility index (Phi) is 4.65. The number of hydrogen-bond donors (Lipinski definition) is 1. The first kappa shape index (κ1) is 14.9. The summed E-state index contributed by atoms with van der Waals surface area (Å²) in [6, 6.07) is 10.2. The van der Waals surface area contributed by atoms with E-state index < -0.39 is 6.10 Å². The summed E-state index contributed by atoms with van der Waals surface area (Å²) in [5.41, 5.74) is 1.22. The summed E-state index contributed by atoms with van der Waals surface area (Å²) in [5, 5.41) is 13.0. The highest BCUT2D eigenvalue weighted by atomic mass is 32.1. The zero-order valence-corrected chi connectivity index (χ0v) is 13.2. The molecule has 116 valence electrons. The van der Waals surface area contributed by atoms with Crippen LogP contribution in [0.1, 0.15) is 10.6 Å². The predicted molar refractivity (Wildman–Crippen MR) is 85.2 cm³/mol. The van der Waals surface area contributed by atoms with Crippen molar-refractivity contribution in [1.29, 1.82) is 0 Å². The second kappa shape index (κ2) is 6.85. The van der Waals surface area contributed by atoms with Gasteiger partial charge in [-0.05, 0) is 5.56 Å². The molecule has 0 saturated carbocycles. The van der Waals surface area contributed by atoms with E-state index in [-0.39, 0.29) is 5.91 Å². The van der Waals surface area contributed by atoms with E-state index in [4.69, 9.17) is 4.74 Å². The molecule has 1 aromatic carbocycles. The molecule has 0 aliphatic carbocycles. The number of amides is 1. The molecule has 1 amide bonds. The lowest BCUT2D eigenvalue weighted by Crippen LogP contribution is -2.49. The summed E-state index contributed by atoms with van der Waals surface area (Å²) in [4.78, 5) is 13.8. The number of carbonyl (C=O) groups is 1. The van der Waals surface area contributed by atoms with Gasteiger partial charge in [-0.25, -0.2) is 0 Å². The van der Waals surface area contributed by atoms with Crippen LogP contribution in [0.4, 0.5) is 5.13 Å². The van der Waals surface area contributed by atoms with Crippen LogP contribution >= 0.6 is 11.3 Å². The van der Waals surface area contributed by atoms with Crippen molar-refractivity contribution in [3.8, 4) is 0 Å². The van der Waals surface area contributed by atoms with Crippen molar-refractivity contribution in [2.24, 2.45) is 0 Å². The van der Waals surface area contributed by atoms with Gasteiger partial charge in [0.15, 0.2) is 6.10 Å². The number of nitrogens with zero attached hydrogens (tertiary/aromatic N) is 3. The first-order chi connectivity index (χ1) is 10.8. The number of morpholine rings is 1. The Hall–Kier alpha value is -1.99. The smallest absolute Gasteiger partial charge is 0.250 e. The largest absolute Gasteiger partial charge is 0.365 e. The van der Waals surface area contributed by atoms with E-state index >= 15 is 0 Å². The average molecular weight is 318 g/mol. The second-order valence-corrected chi connectivity index (χ2v) is 6.10. The zero-order valence-electron chi connectivity index (χ0n) is 12.4. The first-order valence-electron chi connectivity index (χ1n) is 7.20. The van der Waals surface area contributed by atoms with Gasteiger partial charge in [-0.1, -0.05) is 41.7 Å². The quantitative estimate of drug-likeness (QED) is 0.914. The molecule has 2 heterocycles. The fourth-order valence-electron chi connectivity index (χ4n) is 2.36. The van der Waals surface area contributed by atoms with Crippen LogP contribution in [0.3, 0.4) is 0 Å². The maximum absolute atomic E-state index is 11.7. The van der Waals surface area contributed by atoms with Crippen molar-refractivity contribution >= 4 is 22.4 Å². The highest BCUT2D eigenvalue weighted by molar-refractivity contribution is 7.15. The van der Waals surface area contributed by atoms with E-state index in [1.165, 1.54) is 5.56 Å². The van der Waals surface area contributed by atoms with Crippen LogP contribution < -0.4 is 10.2 Å². The number of nitrogens with one attached hydrogen (secondary N) is 1. The molecule has 2 aromatic rings. The standard InChI is InChI=1S/C15H18N4O2S/c1-16-14(20)12-10-19(7-8-21-12)15-18-17-13(22-15)9-11-5-3-2-4-6-11/h2-6,12H,7-10H2,1H3,(H,16,20). The first-order valence-corrected chi connectivity index (χ1v) is 8.02. The van der Waals surface area contributed by atoms with Gasteiger partial charge in [0, 0.05) is 20.0 Å². The number of carbonyl (C=O) groups excluding carboxylic acids is 1. The van der Waals surface area contributed by atoms with Crippen LogP contribution in [0, 0.1) is 0 Å². The van der Waals surface area contributed by atoms with Crippen molar-refractivity contribution in [2.45, 2.75) is 12.5 Å². The Morgan fingerprint density at radius 1 is 1.41 bits per heavy atom. The van der Waals surface area contributed by atoms with E-state index in [1.807, 2.05) is 18.2 Å².